The molecular weight excluding hydrogens is 165 g/mol. The number of hydrogen-bond acceptors (Lipinski definition) is 2. The molecule has 0 aliphatic rings. The van der Waals surface area contributed by atoms with E-state index in [0.29, 0.717) is 4.90 Å². The fourth-order valence-corrected chi connectivity index (χ4v) is 0.979. The van der Waals surface area contributed by atoms with Crippen molar-refractivity contribution >= 4 is 18.5 Å². The SMILES string of the molecule is NC(=O)c1cc(F)cc(S)c1. The largest absolute Gasteiger partial charge is 0.366 e. The van der Waals surface area contributed by atoms with E-state index >= 15 is 0 Å². The molecule has 0 unspecified atom stereocenters. The minimum atomic E-state index is -0.653. The monoisotopic (exact) mass is 171 g/mol. The van der Waals surface area contributed by atoms with Gasteiger partial charge in [0.05, 0.1) is 0 Å². The first-order chi connectivity index (χ1) is 5.09. The quantitative estimate of drug-likeness (QED) is 0.613. The molecule has 0 saturated heterocycles. The second-order valence-corrected chi connectivity index (χ2v) is 2.58. The van der Waals surface area contributed by atoms with Crippen LogP contribution >= 0.6 is 12.6 Å². The molecule has 0 fully saturated rings. The first-order valence-corrected chi connectivity index (χ1v) is 3.33. The number of amides is 1. The smallest absolute Gasteiger partial charge is 0.248 e. The van der Waals surface area contributed by atoms with Gasteiger partial charge in [0.1, 0.15) is 5.82 Å². The first-order valence-electron chi connectivity index (χ1n) is 2.89. The van der Waals surface area contributed by atoms with Crippen LogP contribution in [0.4, 0.5) is 4.39 Å². The van der Waals surface area contributed by atoms with Gasteiger partial charge in [0, 0.05) is 10.5 Å². The summed E-state index contributed by atoms with van der Waals surface area (Å²) in [6.45, 7) is 0. The van der Waals surface area contributed by atoms with Gasteiger partial charge in [-0.2, -0.15) is 0 Å². The van der Waals surface area contributed by atoms with Gasteiger partial charge in [-0.25, -0.2) is 4.39 Å². The lowest BCUT2D eigenvalue weighted by Crippen LogP contribution is -2.10. The second kappa shape index (κ2) is 2.92. The van der Waals surface area contributed by atoms with Crippen LogP contribution in [0.1, 0.15) is 10.4 Å². The number of hydrogen-bond donors (Lipinski definition) is 2. The highest BCUT2D eigenvalue weighted by Crippen LogP contribution is 2.11. The van der Waals surface area contributed by atoms with Crippen molar-refractivity contribution in [3.63, 3.8) is 0 Å². The summed E-state index contributed by atoms with van der Waals surface area (Å²) in [4.78, 5) is 10.9. The molecule has 0 aromatic heterocycles. The van der Waals surface area contributed by atoms with Crippen molar-refractivity contribution in [1.82, 2.24) is 0 Å². The van der Waals surface area contributed by atoms with Crippen molar-refractivity contribution < 1.29 is 9.18 Å². The van der Waals surface area contributed by atoms with E-state index in [0.717, 1.165) is 6.07 Å². The molecule has 0 bridgehead atoms. The van der Waals surface area contributed by atoms with Crippen molar-refractivity contribution in [2.45, 2.75) is 4.90 Å². The number of thiol groups is 1. The molecule has 1 amide bonds. The number of carbonyl (C=O) groups excluding carboxylic acids is 1. The predicted octanol–water partition coefficient (Wildman–Crippen LogP) is 1.21. The maximum atomic E-state index is 12.5. The molecule has 2 N–H and O–H groups in total. The molecular formula is C7H6FNOS. The molecule has 0 radical (unpaired) electrons. The third kappa shape index (κ3) is 1.94. The van der Waals surface area contributed by atoms with E-state index in [2.05, 4.69) is 12.6 Å². The summed E-state index contributed by atoms with van der Waals surface area (Å²) in [5.41, 5.74) is 5.05. The standard InChI is InChI=1S/C7H6FNOS/c8-5-1-4(7(9)10)2-6(11)3-5/h1-3,11H,(H2,9,10). The maximum Gasteiger partial charge on any atom is 0.248 e. The number of rotatable bonds is 1. The number of halogens is 1. The number of nitrogens with two attached hydrogens (primary N) is 1. The van der Waals surface area contributed by atoms with Crippen molar-refractivity contribution in [3.8, 4) is 0 Å². The van der Waals surface area contributed by atoms with Crippen molar-refractivity contribution in [1.29, 1.82) is 0 Å². The molecule has 4 heteroatoms. The lowest BCUT2D eigenvalue weighted by atomic mass is 10.2. The summed E-state index contributed by atoms with van der Waals surface area (Å²) in [6.07, 6.45) is 0. The minimum absolute atomic E-state index is 0.134. The van der Waals surface area contributed by atoms with Gasteiger partial charge in [0.25, 0.3) is 0 Å². The van der Waals surface area contributed by atoms with Crippen LogP contribution in [-0.4, -0.2) is 5.91 Å². The second-order valence-electron chi connectivity index (χ2n) is 2.06. The van der Waals surface area contributed by atoms with Crippen molar-refractivity contribution in [2.24, 2.45) is 5.73 Å². The average Bonchev–Trinajstić information content (AvgIpc) is 1.85. The highest BCUT2D eigenvalue weighted by molar-refractivity contribution is 7.80. The normalized spacial score (nSPS) is 9.64. The van der Waals surface area contributed by atoms with Gasteiger partial charge in [-0.15, -0.1) is 12.6 Å². The Hall–Kier alpha value is -1.03. The van der Waals surface area contributed by atoms with Crippen LogP contribution in [0.15, 0.2) is 23.1 Å². The van der Waals surface area contributed by atoms with E-state index in [-0.39, 0.29) is 5.56 Å². The Labute approximate surface area is 68.6 Å². The Kier molecular flexibility index (Phi) is 2.14. The molecule has 0 spiro atoms. The molecule has 1 aromatic rings. The Morgan fingerprint density at radius 3 is 2.55 bits per heavy atom. The van der Waals surface area contributed by atoms with Gasteiger partial charge in [0.15, 0.2) is 0 Å². The predicted molar refractivity (Wildman–Crippen MR) is 42.2 cm³/mol. The molecule has 0 heterocycles. The summed E-state index contributed by atoms with van der Waals surface area (Å²) in [5.74, 6) is -1.16. The maximum absolute atomic E-state index is 12.5. The zero-order chi connectivity index (χ0) is 8.43. The Balaban J connectivity index is 3.19. The van der Waals surface area contributed by atoms with Crippen LogP contribution in [0.2, 0.25) is 0 Å². The van der Waals surface area contributed by atoms with Crippen LogP contribution < -0.4 is 5.73 Å². The molecule has 0 aliphatic heterocycles. The lowest BCUT2D eigenvalue weighted by Gasteiger charge is -1.96. The summed E-state index contributed by atoms with van der Waals surface area (Å²) in [6, 6.07) is 3.69. The van der Waals surface area contributed by atoms with Crippen LogP contribution in [0, 0.1) is 5.82 Å². The van der Waals surface area contributed by atoms with Crippen LogP contribution in [0.5, 0.6) is 0 Å². The van der Waals surface area contributed by atoms with E-state index in [1.54, 1.807) is 0 Å². The van der Waals surface area contributed by atoms with Crippen molar-refractivity contribution in [2.75, 3.05) is 0 Å². The van der Waals surface area contributed by atoms with E-state index in [9.17, 15) is 9.18 Å². The Bertz CT molecular complexity index is 280. The van der Waals surface area contributed by atoms with E-state index in [1.807, 2.05) is 0 Å². The highest BCUT2D eigenvalue weighted by atomic mass is 32.1. The van der Waals surface area contributed by atoms with Crippen LogP contribution in [0.25, 0.3) is 0 Å². The first kappa shape index (κ1) is 8.07. The van der Waals surface area contributed by atoms with E-state index in [4.69, 9.17) is 5.73 Å². The molecule has 2 nitrogen and oxygen atoms in total. The molecule has 0 saturated carbocycles. The molecule has 0 aliphatic carbocycles. The van der Waals surface area contributed by atoms with Gasteiger partial charge in [-0.05, 0) is 18.2 Å². The van der Waals surface area contributed by atoms with Gasteiger partial charge in [-0.3, -0.25) is 4.79 Å². The van der Waals surface area contributed by atoms with Gasteiger partial charge in [-0.1, -0.05) is 0 Å². The molecule has 1 aromatic carbocycles. The average molecular weight is 171 g/mol. The number of primary amides is 1. The summed E-state index contributed by atoms with van der Waals surface area (Å²) < 4.78 is 12.5. The minimum Gasteiger partial charge on any atom is -0.366 e. The zero-order valence-corrected chi connectivity index (χ0v) is 6.44. The van der Waals surface area contributed by atoms with Crippen LogP contribution in [0.3, 0.4) is 0 Å². The zero-order valence-electron chi connectivity index (χ0n) is 5.54. The third-order valence-corrected chi connectivity index (χ3v) is 1.43. The number of carbonyl (C=O) groups is 1. The van der Waals surface area contributed by atoms with Gasteiger partial charge < -0.3 is 5.73 Å². The highest BCUT2D eigenvalue weighted by Gasteiger charge is 2.02. The topological polar surface area (TPSA) is 43.1 Å². The molecule has 0 atom stereocenters. The van der Waals surface area contributed by atoms with E-state index < -0.39 is 11.7 Å². The van der Waals surface area contributed by atoms with Crippen molar-refractivity contribution in [3.05, 3.63) is 29.6 Å². The Morgan fingerprint density at radius 1 is 1.45 bits per heavy atom. The van der Waals surface area contributed by atoms with E-state index in [1.165, 1.54) is 12.1 Å². The summed E-state index contributed by atoms with van der Waals surface area (Å²) >= 11 is 3.87. The Morgan fingerprint density at radius 2 is 2.09 bits per heavy atom. The molecule has 58 valence electrons. The summed E-state index contributed by atoms with van der Waals surface area (Å²) in [7, 11) is 0. The summed E-state index contributed by atoms with van der Waals surface area (Å²) in [5, 5.41) is 0. The molecule has 11 heavy (non-hydrogen) atoms. The lowest BCUT2D eigenvalue weighted by molar-refractivity contribution is 0.0999. The fourth-order valence-electron chi connectivity index (χ4n) is 0.716. The molecule has 1 rings (SSSR count). The van der Waals surface area contributed by atoms with Crippen LogP contribution in [-0.2, 0) is 0 Å². The third-order valence-electron chi connectivity index (χ3n) is 1.17. The van der Waals surface area contributed by atoms with Gasteiger partial charge >= 0.3 is 0 Å². The fraction of sp³-hybridized carbons (Fsp3) is 0. The number of benzene rings is 1. The van der Waals surface area contributed by atoms with Gasteiger partial charge in [0.2, 0.25) is 5.91 Å².